The number of aliphatic carboxylic acids is 1. The van der Waals surface area contributed by atoms with E-state index >= 15 is 0 Å². The molecule has 15 nitrogen and oxygen atoms in total. The highest BCUT2D eigenvalue weighted by molar-refractivity contribution is 8.06. The summed E-state index contributed by atoms with van der Waals surface area (Å²) in [5.41, 5.74) is 16.4. The van der Waals surface area contributed by atoms with Crippen molar-refractivity contribution in [1.82, 2.24) is 20.2 Å². The van der Waals surface area contributed by atoms with E-state index in [2.05, 4.69) is 25.4 Å². The van der Waals surface area contributed by atoms with Gasteiger partial charge in [0.1, 0.15) is 27.1 Å². The van der Waals surface area contributed by atoms with Crippen LogP contribution in [0.4, 0.5) is 5.13 Å². The number of nitrogens with zero attached hydrogens (tertiary/aromatic N) is 5. The number of carbonyl (C=O) groups is 3. The molecule has 2 aliphatic rings. The minimum Gasteiger partial charge on any atom is -0.477 e. The second-order valence-corrected chi connectivity index (χ2v) is 13.5. The van der Waals surface area contributed by atoms with E-state index in [-0.39, 0.29) is 39.2 Å². The number of pyridine rings is 1. The van der Waals surface area contributed by atoms with Crippen molar-refractivity contribution in [2.45, 2.75) is 28.1 Å². The van der Waals surface area contributed by atoms with Crippen LogP contribution in [-0.4, -0.2) is 95.3 Å². The number of guanidine groups is 1. The molecule has 4 rings (SSSR count). The predicted molar refractivity (Wildman–Crippen MR) is 162 cm³/mol. The maximum atomic E-state index is 13.1. The van der Waals surface area contributed by atoms with E-state index in [1.807, 2.05) is 0 Å². The first kappa shape index (κ1) is 31.7. The number of nitrogens with one attached hydrogen (secondary N) is 1. The molecule has 3 atom stereocenters. The van der Waals surface area contributed by atoms with Crippen LogP contribution < -0.4 is 22.5 Å². The number of amides is 2. The molecule has 20 heteroatoms. The third-order valence-corrected chi connectivity index (χ3v) is 10.7. The Morgan fingerprint density at radius 1 is 1.36 bits per heavy atom. The Balaban J connectivity index is 1.48. The lowest BCUT2D eigenvalue weighted by Gasteiger charge is -2.49. The number of aliphatic hydroxyl groups is 1. The summed E-state index contributed by atoms with van der Waals surface area (Å²) in [6, 6.07) is 0.201. The summed E-state index contributed by atoms with van der Waals surface area (Å²) in [7, 11) is 0. The van der Waals surface area contributed by atoms with Crippen LogP contribution in [0.3, 0.4) is 0 Å². The quantitative estimate of drug-likeness (QED) is 0.0526. The van der Waals surface area contributed by atoms with Crippen LogP contribution in [0, 0.1) is 0 Å². The molecular formula is C22H24ClN9O6S4. The number of β-lactam (4-membered cyclic amide) rings is 1. The summed E-state index contributed by atoms with van der Waals surface area (Å²) < 4.78 is 0.0256. The fourth-order valence-electron chi connectivity index (χ4n) is 3.94. The molecule has 0 bridgehead atoms. The van der Waals surface area contributed by atoms with Gasteiger partial charge in [-0.15, -0.1) is 11.8 Å². The minimum atomic E-state index is -1.30. The standard InChI is InChI=1S/C22H24ClN9O6S4/c23-16-12(30-22(26)42-16)13(31-38)17(34)29-14-18(35)32-15(20(36)37)11(7-40-19(14)32)41-10-1-2-27-3-8(10)5-39-6-9(4-33)28-21(24)25/h1-3,9,14,19,33,38H,4-7H2,(H2,26,30)(H,29,34)(H,36,37)(H4,24,25,28)/b31-13-/t9?,14-,19-/m1/s1. The predicted octanol–water partition coefficient (Wildman–Crippen LogP) is 0.308. The fourth-order valence-corrected chi connectivity index (χ4v) is 8.55. The van der Waals surface area contributed by atoms with Crippen molar-refractivity contribution in [2.24, 2.45) is 21.6 Å². The first-order valence-electron chi connectivity index (χ1n) is 11.8. The Labute approximate surface area is 260 Å². The molecule has 1 saturated heterocycles. The molecule has 2 aromatic rings. The van der Waals surface area contributed by atoms with E-state index in [0.717, 1.165) is 26.7 Å². The summed E-state index contributed by atoms with van der Waals surface area (Å²) >= 11 is 10.9. The number of thiazole rings is 1. The highest BCUT2D eigenvalue weighted by atomic mass is 35.5. The topological polar surface area (TPSA) is 256 Å². The SMILES string of the molecule is NC(N)=NC(CO)CSCc1cnccc1SC1=C(C(=O)O)N2C(=O)[C@@H](NC(=O)/C(=N\O)c3nc(N)sc3Cl)[C@H]2SC1. The largest absolute Gasteiger partial charge is 0.477 e. The summed E-state index contributed by atoms with van der Waals surface area (Å²) in [4.78, 5) is 52.6. The highest BCUT2D eigenvalue weighted by Gasteiger charge is 2.54. The van der Waals surface area contributed by atoms with Crippen molar-refractivity contribution in [3.05, 3.63) is 44.7 Å². The van der Waals surface area contributed by atoms with Crippen LogP contribution in [0.5, 0.6) is 0 Å². The van der Waals surface area contributed by atoms with Crippen LogP contribution in [0.15, 0.2) is 44.1 Å². The van der Waals surface area contributed by atoms with Crippen LogP contribution in [0.2, 0.25) is 4.34 Å². The number of hydrogen-bond acceptors (Lipinski definition) is 14. The first-order chi connectivity index (χ1) is 20.0. The number of thioether (sulfide) groups is 3. The Bertz CT molecular complexity index is 1480. The van der Waals surface area contributed by atoms with Gasteiger partial charge in [0.05, 0.1) is 12.6 Å². The van der Waals surface area contributed by atoms with E-state index < -0.39 is 41.0 Å². The van der Waals surface area contributed by atoms with Gasteiger partial charge in [0.2, 0.25) is 0 Å². The van der Waals surface area contributed by atoms with Crippen molar-refractivity contribution in [3.8, 4) is 0 Å². The number of aliphatic hydroxyl groups excluding tert-OH is 1. The lowest BCUT2D eigenvalue weighted by Crippen LogP contribution is -2.71. The molecule has 10 N–H and O–H groups in total. The van der Waals surface area contributed by atoms with Crippen molar-refractivity contribution < 1.29 is 29.8 Å². The van der Waals surface area contributed by atoms with E-state index in [4.69, 9.17) is 28.8 Å². The zero-order valence-corrected chi connectivity index (χ0v) is 25.4. The summed E-state index contributed by atoms with van der Waals surface area (Å²) in [6.07, 6.45) is 3.24. The second kappa shape index (κ2) is 13.8. The molecule has 0 saturated carbocycles. The first-order valence-corrected chi connectivity index (χ1v) is 16.0. The van der Waals surface area contributed by atoms with E-state index in [0.29, 0.717) is 16.4 Å². The average Bonchev–Trinajstić information content (AvgIpc) is 3.28. The van der Waals surface area contributed by atoms with E-state index in [1.165, 1.54) is 35.3 Å². The Hall–Kier alpha value is -3.23. The summed E-state index contributed by atoms with van der Waals surface area (Å²) in [6.45, 7) is -0.223. The number of aliphatic imine (C=N–C) groups is 1. The number of carbonyl (C=O) groups excluding carboxylic acids is 2. The van der Waals surface area contributed by atoms with Crippen LogP contribution >= 0.6 is 58.2 Å². The Morgan fingerprint density at radius 2 is 2.12 bits per heavy atom. The van der Waals surface area contributed by atoms with Gasteiger partial charge in [0.15, 0.2) is 16.8 Å². The minimum absolute atomic E-state index is 0.0256. The van der Waals surface area contributed by atoms with Gasteiger partial charge >= 0.3 is 5.97 Å². The van der Waals surface area contributed by atoms with Crippen molar-refractivity contribution in [3.63, 3.8) is 0 Å². The smallest absolute Gasteiger partial charge is 0.353 e. The van der Waals surface area contributed by atoms with Gasteiger partial charge < -0.3 is 37.9 Å². The fraction of sp³-hybridized carbons (Fsp3) is 0.318. The van der Waals surface area contributed by atoms with Gasteiger partial charge in [0, 0.05) is 39.5 Å². The number of aromatic nitrogens is 2. The van der Waals surface area contributed by atoms with E-state index in [9.17, 15) is 29.8 Å². The zero-order chi connectivity index (χ0) is 30.6. The number of nitrogen functional groups attached to an aromatic ring is 1. The molecular weight excluding hydrogens is 650 g/mol. The zero-order valence-electron chi connectivity index (χ0n) is 21.3. The highest BCUT2D eigenvalue weighted by Crippen LogP contribution is 2.46. The van der Waals surface area contributed by atoms with Gasteiger partial charge in [-0.2, -0.15) is 11.8 Å². The Morgan fingerprint density at radius 3 is 2.74 bits per heavy atom. The van der Waals surface area contributed by atoms with E-state index in [1.54, 1.807) is 18.5 Å². The molecule has 42 heavy (non-hydrogen) atoms. The van der Waals surface area contributed by atoms with Crippen LogP contribution in [0.1, 0.15) is 11.3 Å². The molecule has 0 aromatic carbocycles. The van der Waals surface area contributed by atoms with Crippen molar-refractivity contribution in [1.29, 1.82) is 0 Å². The monoisotopic (exact) mass is 673 g/mol. The molecule has 224 valence electrons. The van der Waals surface area contributed by atoms with Crippen LogP contribution in [0.25, 0.3) is 0 Å². The number of carboxylic acids is 1. The molecule has 0 aliphatic carbocycles. The normalized spacial score (nSPS) is 19.1. The number of oxime groups is 1. The third kappa shape index (κ3) is 6.87. The third-order valence-electron chi connectivity index (χ3n) is 5.77. The number of anilines is 1. The number of carboxylic acid groups (broad SMARTS) is 1. The molecule has 2 amide bonds. The van der Waals surface area contributed by atoms with Gasteiger partial charge in [-0.25, -0.2) is 14.8 Å². The lowest BCUT2D eigenvalue weighted by molar-refractivity contribution is -0.150. The molecule has 1 unspecified atom stereocenters. The van der Waals surface area contributed by atoms with Crippen molar-refractivity contribution >= 4 is 92.8 Å². The molecule has 4 heterocycles. The molecule has 0 spiro atoms. The number of halogens is 1. The van der Waals surface area contributed by atoms with Crippen LogP contribution in [-0.2, 0) is 20.1 Å². The second-order valence-electron chi connectivity index (χ2n) is 8.55. The summed E-state index contributed by atoms with van der Waals surface area (Å²) in [5.74, 6) is -1.81. The average molecular weight is 674 g/mol. The maximum Gasteiger partial charge on any atom is 0.353 e. The van der Waals surface area contributed by atoms with Gasteiger partial charge in [-0.3, -0.25) is 19.5 Å². The lowest BCUT2D eigenvalue weighted by atomic mass is 10.0. The molecule has 0 radical (unpaired) electrons. The van der Waals surface area contributed by atoms with Gasteiger partial charge in [-0.05, 0) is 11.6 Å². The number of fused-ring (bicyclic) bond motifs is 1. The molecule has 2 aliphatic heterocycles. The maximum absolute atomic E-state index is 13.1. The van der Waals surface area contributed by atoms with Gasteiger partial charge in [0.25, 0.3) is 11.8 Å². The van der Waals surface area contributed by atoms with Gasteiger partial charge in [-0.1, -0.05) is 39.9 Å². The Kier molecular flexibility index (Phi) is 10.4. The number of rotatable bonds is 12. The molecule has 1 fully saturated rings. The molecule has 2 aromatic heterocycles. The number of hydrogen-bond donors (Lipinski definition) is 7. The number of nitrogens with two attached hydrogens (primary N) is 3. The van der Waals surface area contributed by atoms with Crippen molar-refractivity contribution in [2.75, 3.05) is 23.8 Å². The summed E-state index contributed by atoms with van der Waals surface area (Å²) in [5, 5.41) is 33.7.